The molecule has 0 amide bonds. The number of aryl methyl sites for hydroxylation is 1. The summed E-state index contributed by atoms with van der Waals surface area (Å²) >= 11 is 1.64. The maximum atomic E-state index is 13.0. The molecule has 2 heterocycles. The third-order valence-corrected chi connectivity index (χ3v) is 7.79. The van der Waals surface area contributed by atoms with Crippen molar-refractivity contribution in [2.24, 2.45) is 0 Å². The Morgan fingerprint density at radius 2 is 1.97 bits per heavy atom. The number of methoxy groups -OCH3 is 1. The first-order valence-corrected chi connectivity index (χ1v) is 12.4. The van der Waals surface area contributed by atoms with Crippen molar-refractivity contribution in [2.45, 2.75) is 30.8 Å². The van der Waals surface area contributed by atoms with E-state index in [4.69, 9.17) is 4.74 Å². The molecule has 0 radical (unpaired) electrons. The van der Waals surface area contributed by atoms with Crippen LogP contribution in [0.3, 0.4) is 0 Å². The summed E-state index contributed by atoms with van der Waals surface area (Å²) in [4.78, 5) is 2.63. The van der Waals surface area contributed by atoms with Gasteiger partial charge in [-0.15, -0.1) is 0 Å². The van der Waals surface area contributed by atoms with Crippen LogP contribution in [0, 0.1) is 6.92 Å². The van der Waals surface area contributed by atoms with Gasteiger partial charge in [0.1, 0.15) is 5.75 Å². The van der Waals surface area contributed by atoms with Gasteiger partial charge in [-0.1, -0.05) is 24.3 Å². The molecule has 7 heteroatoms. The first-order valence-electron chi connectivity index (χ1n) is 9.95. The maximum Gasteiger partial charge on any atom is 0.240 e. The number of benzene rings is 2. The smallest absolute Gasteiger partial charge is 0.240 e. The van der Waals surface area contributed by atoms with Crippen LogP contribution in [0.5, 0.6) is 5.75 Å². The molecule has 0 spiro atoms. The number of nitrogens with zero attached hydrogens (tertiary/aromatic N) is 1. The highest BCUT2D eigenvalue weighted by molar-refractivity contribution is 7.89. The van der Waals surface area contributed by atoms with E-state index in [2.05, 4.69) is 45.3 Å². The van der Waals surface area contributed by atoms with Crippen LogP contribution in [0.1, 0.15) is 28.3 Å². The molecule has 0 fully saturated rings. The highest BCUT2D eigenvalue weighted by Gasteiger charge is 2.27. The van der Waals surface area contributed by atoms with E-state index in [0.29, 0.717) is 12.3 Å². The van der Waals surface area contributed by atoms with Crippen molar-refractivity contribution in [1.82, 2.24) is 9.62 Å². The van der Waals surface area contributed by atoms with E-state index in [1.807, 2.05) is 12.3 Å². The number of rotatable bonds is 7. The molecule has 1 aliphatic heterocycles. The maximum absolute atomic E-state index is 13.0. The van der Waals surface area contributed by atoms with Crippen molar-refractivity contribution in [3.63, 3.8) is 0 Å². The Balaban J connectivity index is 1.54. The molecule has 30 heavy (non-hydrogen) atoms. The van der Waals surface area contributed by atoms with Crippen LogP contribution in [0.15, 0.2) is 64.2 Å². The van der Waals surface area contributed by atoms with Crippen molar-refractivity contribution in [3.8, 4) is 5.75 Å². The summed E-state index contributed by atoms with van der Waals surface area (Å²) in [5.74, 6) is 0.678. The summed E-state index contributed by atoms with van der Waals surface area (Å²) in [6.45, 7) is 3.89. The number of nitrogens with one attached hydrogen (secondary N) is 1. The Bertz CT molecular complexity index is 1110. The molecule has 4 rings (SSSR count). The van der Waals surface area contributed by atoms with Crippen LogP contribution in [-0.4, -0.2) is 33.5 Å². The second-order valence-electron chi connectivity index (χ2n) is 7.54. The average molecular weight is 443 g/mol. The molecule has 0 saturated heterocycles. The number of hydrogen-bond acceptors (Lipinski definition) is 5. The van der Waals surface area contributed by atoms with Crippen LogP contribution < -0.4 is 9.46 Å². The van der Waals surface area contributed by atoms with Crippen molar-refractivity contribution in [1.29, 1.82) is 0 Å². The third kappa shape index (κ3) is 4.44. The second-order valence-corrected chi connectivity index (χ2v) is 10.1. The van der Waals surface area contributed by atoms with E-state index in [1.165, 1.54) is 11.1 Å². The van der Waals surface area contributed by atoms with E-state index in [1.54, 1.807) is 36.6 Å². The van der Waals surface area contributed by atoms with Gasteiger partial charge < -0.3 is 4.74 Å². The average Bonchev–Trinajstić information content (AvgIpc) is 3.28. The van der Waals surface area contributed by atoms with Gasteiger partial charge in [0.2, 0.25) is 10.0 Å². The molecule has 2 aromatic carbocycles. The number of thiophene rings is 1. The fraction of sp³-hybridized carbons (Fsp3) is 0.304. The molecular formula is C23H26N2O3S2. The molecule has 0 saturated carbocycles. The zero-order valence-electron chi connectivity index (χ0n) is 17.2. The minimum atomic E-state index is -3.62. The Hall–Kier alpha value is -2.19. The third-order valence-electron chi connectivity index (χ3n) is 5.67. The predicted octanol–water partition coefficient (Wildman–Crippen LogP) is 4.14. The summed E-state index contributed by atoms with van der Waals surface area (Å²) in [5, 5.41) is 4.15. The molecule has 0 aliphatic carbocycles. The zero-order chi connectivity index (χ0) is 21.1. The topological polar surface area (TPSA) is 58.6 Å². The first-order chi connectivity index (χ1) is 14.5. The van der Waals surface area contributed by atoms with Gasteiger partial charge in [-0.25, -0.2) is 13.1 Å². The highest BCUT2D eigenvalue weighted by atomic mass is 32.2. The van der Waals surface area contributed by atoms with Crippen LogP contribution in [-0.2, 0) is 23.0 Å². The quantitative estimate of drug-likeness (QED) is 0.597. The van der Waals surface area contributed by atoms with Gasteiger partial charge in [0.05, 0.1) is 12.0 Å². The first kappa shape index (κ1) is 21.1. The number of fused-ring (bicyclic) bond motifs is 1. The summed E-state index contributed by atoms with van der Waals surface area (Å²) in [5.41, 5.74) is 4.64. The van der Waals surface area contributed by atoms with Gasteiger partial charge in [-0.2, -0.15) is 11.3 Å². The van der Waals surface area contributed by atoms with E-state index < -0.39 is 10.0 Å². The van der Waals surface area contributed by atoms with E-state index >= 15 is 0 Å². The fourth-order valence-corrected chi connectivity index (χ4v) is 5.83. The van der Waals surface area contributed by atoms with Gasteiger partial charge in [0.15, 0.2) is 0 Å². The van der Waals surface area contributed by atoms with Gasteiger partial charge >= 0.3 is 0 Å². The van der Waals surface area contributed by atoms with E-state index in [-0.39, 0.29) is 10.9 Å². The molecule has 1 atom stereocenters. The Morgan fingerprint density at radius 3 is 2.67 bits per heavy atom. The Labute approximate surface area is 182 Å². The predicted molar refractivity (Wildman–Crippen MR) is 121 cm³/mol. The monoisotopic (exact) mass is 442 g/mol. The molecule has 1 N–H and O–H groups in total. The molecule has 3 aromatic rings. The minimum Gasteiger partial charge on any atom is -0.496 e. The van der Waals surface area contributed by atoms with Gasteiger partial charge in [-0.05, 0) is 70.6 Å². The fourth-order valence-electron chi connectivity index (χ4n) is 4.00. The molecule has 5 nitrogen and oxygen atoms in total. The summed E-state index contributed by atoms with van der Waals surface area (Å²) in [6, 6.07) is 15.5. The van der Waals surface area contributed by atoms with Crippen LogP contribution in [0.4, 0.5) is 0 Å². The van der Waals surface area contributed by atoms with Crippen LogP contribution in [0.2, 0.25) is 0 Å². The lowest BCUT2D eigenvalue weighted by atomic mass is 9.97. The van der Waals surface area contributed by atoms with Crippen molar-refractivity contribution in [2.75, 3.05) is 20.2 Å². The molecule has 158 valence electrons. The highest BCUT2D eigenvalue weighted by Crippen LogP contribution is 2.29. The lowest BCUT2D eigenvalue weighted by molar-refractivity contribution is 0.181. The summed E-state index contributed by atoms with van der Waals surface area (Å²) in [6.07, 6.45) is 0.973. The molecule has 1 aliphatic rings. The van der Waals surface area contributed by atoms with Crippen LogP contribution in [0.25, 0.3) is 0 Å². The lowest BCUT2D eigenvalue weighted by Crippen LogP contribution is -2.40. The Morgan fingerprint density at radius 1 is 1.17 bits per heavy atom. The van der Waals surface area contributed by atoms with E-state index in [9.17, 15) is 8.42 Å². The SMILES string of the molecule is COc1ccc(S(=O)(=O)NCC(c2ccsc2)N2CCc3ccccc3C2)cc1C. The zero-order valence-corrected chi connectivity index (χ0v) is 18.8. The Kier molecular flexibility index (Phi) is 6.24. The molecular weight excluding hydrogens is 416 g/mol. The lowest BCUT2D eigenvalue weighted by Gasteiger charge is -2.35. The van der Waals surface area contributed by atoms with Gasteiger partial charge in [-0.3, -0.25) is 4.90 Å². The molecule has 0 bridgehead atoms. The standard InChI is InChI=1S/C23H26N2O3S2/c1-17-13-21(7-8-23(17)28-2)30(26,27)24-14-22(20-10-12-29-16-20)25-11-9-18-5-3-4-6-19(18)15-25/h3-8,10,12-13,16,22,24H,9,11,14-15H2,1-2H3. The van der Waals surface area contributed by atoms with E-state index in [0.717, 1.165) is 30.6 Å². The summed E-state index contributed by atoms with van der Waals surface area (Å²) < 4.78 is 34.0. The molecule has 1 unspecified atom stereocenters. The van der Waals surface area contributed by atoms with Gasteiger partial charge in [0.25, 0.3) is 0 Å². The number of sulfonamides is 1. The number of hydrogen-bond donors (Lipinski definition) is 1. The van der Waals surface area contributed by atoms with Crippen molar-refractivity contribution < 1.29 is 13.2 Å². The number of ether oxygens (including phenoxy) is 1. The van der Waals surface area contributed by atoms with Gasteiger partial charge in [0, 0.05) is 25.7 Å². The molecule has 1 aromatic heterocycles. The largest absolute Gasteiger partial charge is 0.496 e. The van der Waals surface area contributed by atoms with Crippen molar-refractivity contribution in [3.05, 3.63) is 81.5 Å². The minimum absolute atomic E-state index is 0.0151. The van der Waals surface area contributed by atoms with Crippen LogP contribution >= 0.6 is 11.3 Å². The summed E-state index contributed by atoms with van der Waals surface area (Å²) in [7, 11) is -2.04. The van der Waals surface area contributed by atoms with Crippen molar-refractivity contribution >= 4 is 21.4 Å². The normalized spacial score (nSPS) is 15.5. The second kappa shape index (κ2) is 8.89.